The summed E-state index contributed by atoms with van der Waals surface area (Å²) >= 11 is -1.35. The number of hydrogen-bond donors (Lipinski definition) is 0. The summed E-state index contributed by atoms with van der Waals surface area (Å²) in [4.78, 5) is 20.0. The monoisotopic (exact) mass is 285 g/mol. The summed E-state index contributed by atoms with van der Waals surface area (Å²) in [6.45, 7) is 0. The Hall–Kier alpha value is -0.381. The Labute approximate surface area is 86.1 Å². The molecule has 0 saturated carbocycles. The van der Waals surface area contributed by atoms with Crippen molar-refractivity contribution in [1.82, 2.24) is 4.98 Å². The van der Waals surface area contributed by atoms with Crippen molar-refractivity contribution in [2.24, 2.45) is 0 Å². The molecule has 1 rings (SSSR count). The normalized spacial score (nSPS) is 10.4. The Bertz CT molecular complexity index is 272. The van der Waals surface area contributed by atoms with Gasteiger partial charge in [-0.05, 0) is 0 Å². The van der Waals surface area contributed by atoms with E-state index in [1.807, 2.05) is 12.1 Å². The number of carbonyl (C=O) groups excluding carboxylic acids is 1. The zero-order valence-electron chi connectivity index (χ0n) is 8.16. The first kappa shape index (κ1) is 10.7. The summed E-state index contributed by atoms with van der Waals surface area (Å²) in [6, 6.07) is 3.84. The van der Waals surface area contributed by atoms with Crippen LogP contribution < -0.4 is 0 Å². The molecule has 70 valence electrons. The molecule has 0 aliphatic carbocycles. The van der Waals surface area contributed by atoms with E-state index in [0.717, 1.165) is 10.0 Å². The molecule has 0 N–H and O–H groups in total. The Morgan fingerprint density at radius 1 is 1.54 bits per heavy atom. The average molecular weight is 284 g/mol. The number of aromatic nitrogens is 1. The standard InChI is InChI=1S/C8H8NO.2CH3.Sn.H/c1-7(10)5-8-3-2-4-9-6-8;;;;/h2-4,6H,1,5H2;2*1H3;;. The molecule has 3 heteroatoms. The van der Waals surface area contributed by atoms with Gasteiger partial charge in [0.1, 0.15) is 0 Å². The van der Waals surface area contributed by atoms with Crippen molar-refractivity contribution in [3.05, 3.63) is 30.1 Å². The van der Waals surface area contributed by atoms with Gasteiger partial charge in [0.05, 0.1) is 0 Å². The van der Waals surface area contributed by atoms with Crippen molar-refractivity contribution in [3.63, 3.8) is 0 Å². The zero-order valence-corrected chi connectivity index (χ0v) is 11.5. The molecule has 1 aromatic heterocycles. The molecule has 0 aromatic carbocycles. The van der Waals surface area contributed by atoms with Crippen LogP contribution in [0.15, 0.2) is 24.5 Å². The van der Waals surface area contributed by atoms with E-state index in [9.17, 15) is 4.79 Å². The van der Waals surface area contributed by atoms with Crippen LogP contribution >= 0.6 is 0 Å². The van der Waals surface area contributed by atoms with Gasteiger partial charge in [-0.1, -0.05) is 0 Å². The van der Waals surface area contributed by atoms with Gasteiger partial charge in [-0.25, -0.2) is 0 Å². The number of ketones is 1. The fourth-order valence-corrected chi connectivity index (χ4v) is 4.27. The number of hydrogen-bond acceptors (Lipinski definition) is 2. The first-order chi connectivity index (χ1) is 6.18. The first-order valence-electron chi connectivity index (χ1n) is 4.59. The topological polar surface area (TPSA) is 30.0 Å². The third-order valence-corrected chi connectivity index (χ3v) is 5.39. The van der Waals surface area contributed by atoms with Crippen molar-refractivity contribution in [3.8, 4) is 0 Å². The zero-order chi connectivity index (χ0) is 9.68. The summed E-state index contributed by atoms with van der Waals surface area (Å²) in [6.07, 6.45) is 4.08. The van der Waals surface area contributed by atoms with E-state index >= 15 is 0 Å². The van der Waals surface area contributed by atoms with Crippen LogP contribution in [0.25, 0.3) is 0 Å². The van der Waals surface area contributed by atoms with Crippen molar-refractivity contribution in [1.29, 1.82) is 0 Å². The molecule has 0 aliphatic rings. The first-order valence-corrected chi connectivity index (χ1v) is 13.5. The van der Waals surface area contributed by atoms with Gasteiger partial charge in [-0.15, -0.1) is 0 Å². The summed E-state index contributed by atoms with van der Waals surface area (Å²) < 4.78 is 0.872. The van der Waals surface area contributed by atoms with Gasteiger partial charge < -0.3 is 0 Å². The number of pyridine rings is 1. The Balaban J connectivity index is 2.46. The van der Waals surface area contributed by atoms with E-state index in [0.29, 0.717) is 12.2 Å². The predicted molar refractivity (Wildman–Crippen MR) is 56.6 cm³/mol. The fourth-order valence-electron chi connectivity index (χ4n) is 1.26. The van der Waals surface area contributed by atoms with Gasteiger partial charge in [-0.3, -0.25) is 0 Å². The molecule has 13 heavy (non-hydrogen) atoms. The van der Waals surface area contributed by atoms with Gasteiger partial charge in [0.15, 0.2) is 0 Å². The second-order valence-electron chi connectivity index (χ2n) is 3.67. The maximum atomic E-state index is 11.4. The molecule has 0 amide bonds. The van der Waals surface area contributed by atoms with Crippen LogP contribution in [0, 0.1) is 0 Å². The Morgan fingerprint density at radius 2 is 2.31 bits per heavy atom. The van der Waals surface area contributed by atoms with Crippen LogP contribution in [0.1, 0.15) is 5.56 Å². The number of rotatable bonds is 4. The molecular formula is C10H15NOSn. The second-order valence-corrected chi connectivity index (χ2v) is 12.8. The van der Waals surface area contributed by atoms with Crippen LogP contribution in [0.5, 0.6) is 0 Å². The second kappa shape index (κ2) is 5.37. The van der Waals surface area contributed by atoms with Gasteiger partial charge in [0.25, 0.3) is 0 Å². The van der Waals surface area contributed by atoms with Gasteiger partial charge in [-0.2, -0.15) is 0 Å². The SMILES string of the molecule is [CH3][SnH]([CH3])[CH2]C(=O)Cc1cccnc1. The molecular weight excluding hydrogens is 269 g/mol. The minimum absolute atomic E-state index is 0.388. The molecule has 0 fully saturated rings. The van der Waals surface area contributed by atoms with Crippen LogP contribution in [-0.4, -0.2) is 30.5 Å². The molecule has 0 bridgehead atoms. The third kappa shape index (κ3) is 4.41. The fraction of sp³-hybridized carbons (Fsp3) is 0.400. The molecule has 1 heterocycles. The molecule has 0 unspecified atom stereocenters. The Morgan fingerprint density at radius 3 is 2.85 bits per heavy atom. The van der Waals surface area contributed by atoms with E-state index in [-0.39, 0.29) is 0 Å². The molecule has 0 atom stereocenters. The third-order valence-electron chi connectivity index (χ3n) is 1.76. The molecule has 1 aromatic rings. The van der Waals surface area contributed by atoms with Crippen LogP contribution in [0.2, 0.25) is 14.3 Å². The molecule has 0 saturated heterocycles. The van der Waals surface area contributed by atoms with Crippen LogP contribution in [0.4, 0.5) is 0 Å². The van der Waals surface area contributed by atoms with Crippen molar-refractivity contribution in [2.45, 2.75) is 20.7 Å². The molecule has 0 radical (unpaired) electrons. The van der Waals surface area contributed by atoms with Gasteiger partial charge in [0.2, 0.25) is 0 Å². The maximum absolute atomic E-state index is 11.4. The number of nitrogens with zero attached hydrogens (tertiary/aromatic N) is 1. The summed E-state index contributed by atoms with van der Waals surface area (Å²) in [5.74, 6) is 0.388. The van der Waals surface area contributed by atoms with E-state index in [1.165, 1.54) is 0 Å². The molecule has 2 nitrogen and oxygen atoms in total. The van der Waals surface area contributed by atoms with E-state index < -0.39 is 19.8 Å². The van der Waals surface area contributed by atoms with Crippen LogP contribution in [0.3, 0.4) is 0 Å². The summed E-state index contributed by atoms with van der Waals surface area (Å²) in [5, 5.41) is 0. The predicted octanol–water partition coefficient (Wildman–Crippen LogP) is 1.68. The Kier molecular flexibility index (Phi) is 4.42. The van der Waals surface area contributed by atoms with Crippen LogP contribution in [-0.2, 0) is 11.2 Å². The minimum atomic E-state index is -1.35. The van der Waals surface area contributed by atoms with E-state index in [1.54, 1.807) is 12.4 Å². The number of carbonyl (C=O) groups is 1. The number of Topliss-reactive ketones (excluding diaryl/α,β-unsaturated/α-hetero) is 1. The van der Waals surface area contributed by atoms with Gasteiger partial charge in [0, 0.05) is 0 Å². The summed E-state index contributed by atoms with van der Waals surface area (Å²) in [7, 11) is 0. The summed E-state index contributed by atoms with van der Waals surface area (Å²) in [5.41, 5.74) is 1.04. The van der Waals surface area contributed by atoms with E-state index in [2.05, 4.69) is 14.9 Å². The average Bonchev–Trinajstić information content (AvgIpc) is 2.04. The van der Waals surface area contributed by atoms with Crippen molar-refractivity contribution in [2.75, 3.05) is 0 Å². The van der Waals surface area contributed by atoms with E-state index in [4.69, 9.17) is 0 Å². The molecule has 0 aliphatic heterocycles. The quantitative estimate of drug-likeness (QED) is 0.787. The molecule has 0 spiro atoms. The van der Waals surface area contributed by atoms with Crippen molar-refractivity contribution >= 4 is 25.5 Å². The van der Waals surface area contributed by atoms with Gasteiger partial charge >= 0.3 is 86.1 Å². The van der Waals surface area contributed by atoms with Crippen molar-refractivity contribution < 1.29 is 4.79 Å².